The normalized spacial score (nSPS) is 11.0. The minimum Gasteiger partial charge on any atom is -0.369 e. The smallest absolute Gasteiger partial charge is 0.225 e. The van der Waals surface area contributed by atoms with Crippen molar-refractivity contribution in [3.05, 3.63) is 52.1 Å². The SMILES string of the molecule is CCc1cc2c(NCCc3ccccc3)nc(Cl)nc2s1. The molecule has 0 saturated heterocycles. The molecule has 3 aromatic rings. The molecule has 0 saturated carbocycles. The number of nitrogens with one attached hydrogen (secondary N) is 1. The molecule has 5 heteroatoms. The van der Waals surface area contributed by atoms with Crippen LogP contribution in [0.1, 0.15) is 17.4 Å². The average Bonchev–Trinajstić information content (AvgIpc) is 2.91. The minimum atomic E-state index is 0.300. The average molecular weight is 318 g/mol. The zero-order chi connectivity index (χ0) is 14.7. The second-order valence-corrected chi connectivity index (χ2v) is 6.24. The van der Waals surface area contributed by atoms with E-state index in [0.717, 1.165) is 35.4 Å². The van der Waals surface area contributed by atoms with Crippen LogP contribution in [0.15, 0.2) is 36.4 Å². The van der Waals surface area contributed by atoms with Gasteiger partial charge in [0.25, 0.3) is 0 Å². The first-order valence-corrected chi connectivity index (χ1v) is 8.19. The van der Waals surface area contributed by atoms with Crippen molar-refractivity contribution >= 4 is 39.0 Å². The molecule has 1 N–H and O–H groups in total. The first-order chi connectivity index (χ1) is 10.3. The molecule has 2 aromatic heterocycles. The van der Waals surface area contributed by atoms with Gasteiger partial charge in [0.2, 0.25) is 5.28 Å². The second kappa shape index (κ2) is 6.41. The molecule has 0 bridgehead atoms. The van der Waals surface area contributed by atoms with Crippen molar-refractivity contribution < 1.29 is 0 Å². The number of aryl methyl sites for hydroxylation is 1. The summed E-state index contributed by atoms with van der Waals surface area (Å²) in [6.07, 6.45) is 1.96. The lowest BCUT2D eigenvalue weighted by molar-refractivity contribution is 1.01. The Hall–Kier alpha value is -1.65. The lowest BCUT2D eigenvalue weighted by atomic mass is 10.1. The van der Waals surface area contributed by atoms with E-state index in [1.807, 2.05) is 6.07 Å². The standard InChI is InChI=1S/C16H16ClN3S/c1-2-12-10-13-14(19-16(17)20-15(13)21-12)18-9-8-11-6-4-3-5-7-11/h3-7,10H,2,8-9H2,1H3,(H,18,19,20). The number of aromatic nitrogens is 2. The van der Waals surface area contributed by atoms with Crippen molar-refractivity contribution in [3.8, 4) is 0 Å². The van der Waals surface area contributed by atoms with E-state index in [2.05, 4.69) is 52.5 Å². The van der Waals surface area contributed by atoms with Gasteiger partial charge in [-0.15, -0.1) is 11.3 Å². The molecule has 108 valence electrons. The van der Waals surface area contributed by atoms with Gasteiger partial charge in [-0.1, -0.05) is 37.3 Å². The van der Waals surface area contributed by atoms with Gasteiger partial charge in [0, 0.05) is 11.4 Å². The van der Waals surface area contributed by atoms with Crippen LogP contribution in [-0.4, -0.2) is 16.5 Å². The summed E-state index contributed by atoms with van der Waals surface area (Å²) < 4.78 is 0. The molecule has 0 aliphatic carbocycles. The topological polar surface area (TPSA) is 37.8 Å². The van der Waals surface area contributed by atoms with Gasteiger partial charge in [-0.2, -0.15) is 0 Å². The molecule has 21 heavy (non-hydrogen) atoms. The largest absolute Gasteiger partial charge is 0.369 e. The Labute approximate surface area is 133 Å². The Balaban J connectivity index is 1.78. The summed E-state index contributed by atoms with van der Waals surface area (Å²) >= 11 is 7.70. The maximum absolute atomic E-state index is 6.02. The number of anilines is 1. The Morgan fingerprint density at radius 2 is 2.00 bits per heavy atom. The van der Waals surface area contributed by atoms with E-state index in [1.165, 1.54) is 10.4 Å². The summed E-state index contributed by atoms with van der Waals surface area (Å²) in [6, 6.07) is 12.6. The van der Waals surface area contributed by atoms with Crippen molar-refractivity contribution in [2.75, 3.05) is 11.9 Å². The quantitative estimate of drug-likeness (QED) is 0.701. The molecule has 3 rings (SSSR count). The van der Waals surface area contributed by atoms with Gasteiger partial charge in [0.15, 0.2) is 0 Å². The molecule has 0 radical (unpaired) electrons. The third kappa shape index (κ3) is 3.34. The summed E-state index contributed by atoms with van der Waals surface area (Å²) in [5.74, 6) is 0.830. The summed E-state index contributed by atoms with van der Waals surface area (Å²) in [5.41, 5.74) is 1.31. The van der Waals surface area contributed by atoms with Gasteiger partial charge >= 0.3 is 0 Å². The van der Waals surface area contributed by atoms with Crippen LogP contribution in [-0.2, 0) is 12.8 Å². The van der Waals surface area contributed by atoms with Crippen molar-refractivity contribution in [1.82, 2.24) is 9.97 Å². The van der Waals surface area contributed by atoms with Gasteiger partial charge < -0.3 is 5.32 Å². The van der Waals surface area contributed by atoms with Gasteiger partial charge in [0.05, 0.1) is 5.39 Å². The fraction of sp³-hybridized carbons (Fsp3) is 0.250. The van der Waals surface area contributed by atoms with Crippen LogP contribution in [0.25, 0.3) is 10.2 Å². The van der Waals surface area contributed by atoms with E-state index in [9.17, 15) is 0 Å². The van der Waals surface area contributed by atoms with Gasteiger partial charge in [-0.05, 0) is 36.1 Å². The number of rotatable bonds is 5. The van der Waals surface area contributed by atoms with Gasteiger partial charge in [0.1, 0.15) is 10.6 Å². The van der Waals surface area contributed by atoms with Crippen molar-refractivity contribution in [1.29, 1.82) is 0 Å². The van der Waals surface area contributed by atoms with Crippen molar-refractivity contribution in [2.45, 2.75) is 19.8 Å². The first-order valence-electron chi connectivity index (χ1n) is 7.00. The summed E-state index contributed by atoms with van der Waals surface area (Å²) in [6.45, 7) is 2.96. The molecule has 2 heterocycles. The Morgan fingerprint density at radius 1 is 1.19 bits per heavy atom. The third-order valence-electron chi connectivity index (χ3n) is 3.31. The van der Waals surface area contributed by atoms with E-state index < -0.39 is 0 Å². The first kappa shape index (κ1) is 14.3. The molecule has 1 aromatic carbocycles. The predicted molar refractivity (Wildman–Crippen MR) is 90.4 cm³/mol. The highest BCUT2D eigenvalue weighted by atomic mass is 35.5. The van der Waals surface area contributed by atoms with Gasteiger partial charge in [-0.3, -0.25) is 0 Å². The molecule has 0 aliphatic heterocycles. The predicted octanol–water partition coefficient (Wildman–Crippen LogP) is 4.56. The van der Waals surface area contributed by atoms with Crippen LogP contribution in [0, 0.1) is 0 Å². The molecular weight excluding hydrogens is 302 g/mol. The number of halogens is 1. The van der Waals surface area contributed by atoms with E-state index in [0.29, 0.717) is 5.28 Å². The molecule has 0 atom stereocenters. The van der Waals surface area contributed by atoms with Crippen molar-refractivity contribution in [3.63, 3.8) is 0 Å². The van der Waals surface area contributed by atoms with E-state index in [1.54, 1.807) is 11.3 Å². The lowest BCUT2D eigenvalue weighted by Crippen LogP contribution is -2.07. The van der Waals surface area contributed by atoms with Crippen LogP contribution in [0.3, 0.4) is 0 Å². The molecule has 0 spiro atoms. The van der Waals surface area contributed by atoms with E-state index in [4.69, 9.17) is 11.6 Å². The Morgan fingerprint density at radius 3 is 2.76 bits per heavy atom. The third-order valence-corrected chi connectivity index (χ3v) is 4.66. The zero-order valence-corrected chi connectivity index (χ0v) is 13.3. The van der Waals surface area contributed by atoms with Crippen molar-refractivity contribution in [2.24, 2.45) is 0 Å². The van der Waals surface area contributed by atoms with Crippen LogP contribution in [0.5, 0.6) is 0 Å². The van der Waals surface area contributed by atoms with E-state index in [-0.39, 0.29) is 0 Å². The highest BCUT2D eigenvalue weighted by Gasteiger charge is 2.10. The summed E-state index contributed by atoms with van der Waals surface area (Å²) in [7, 11) is 0. The number of benzene rings is 1. The molecule has 0 unspecified atom stereocenters. The number of hydrogen-bond acceptors (Lipinski definition) is 4. The highest BCUT2D eigenvalue weighted by molar-refractivity contribution is 7.18. The Kier molecular flexibility index (Phi) is 4.36. The monoisotopic (exact) mass is 317 g/mol. The molecule has 3 nitrogen and oxygen atoms in total. The number of thiophene rings is 1. The maximum Gasteiger partial charge on any atom is 0.225 e. The highest BCUT2D eigenvalue weighted by Crippen LogP contribution is 2.30. The van der Waals surface area contributed by atoms with Gasteiger partial charge in [-0.25, -0.2) is 9.97 Å². The van der Waals surface area contributed by atoms with Crippen LogP contribution < -0.4 is 5.32 Å². The number of hydrogen-bond donors (Lipinski definition) is 1. The van der Waals surface area contributed by atoms with E-state index >= 15 is 0 Å². The van der Waals surface area contributed by atoms with Crippen LogP contribution in [0.2, 0.25) is 5.28 Å². The fourth-order valence-electron chi connectivity index (χ4n) is 2.22. The summed E-state index contributed by atoms with van der Waals surface area (Å²) in [4.78, 5) is 10.9. The molecule has 0 amide bonds. The minimum absolute atomic E-state index is 0.300. The summed E-state index contributed by atoms with van der Waals surface area (Å²) in [5, 5.41) is 4.75. The molecular formula is C16H16ClN3S. The molecule has 0 fully saturated rings. The second-order valence-electron chi connectivity index (χ2n) is 4.79. The lowest BCUT2D eigenvalue weighted by Gasteiger charge is -2.07. The maximum atomic E-state index is 6.02. The molecule has 0 aliphatic rings. The number of fused-ring (bicyclic) bond motifs is 1. The number of nitrogens with zero attached hydrogens (tertiary/aromatic N) is 2. The van der Waals surface area contributed by atoms with Crippen LogP contribution >= 0.6 is 22.9 Å². The van der Waals surface area contributed by atoms with Crippen LogP contribution in [0.4, 0.5) is 5.82 Å². The fourth-order valence-corrected chi connectivity index (χ4v) is 3.41. The Bertz CT molecular complexity index is 740. The zero-order valence-electron chi connectivity index (χ0n) is 11.8.